The summed E-state index contributed by atoms with van der Waals surface area (Å²) in [7, 11) is 0. The summed E-state index contributed by atoms with van der Waals surface area (Å²) < 4.78 is 0. The summed E-state index contributed by atoms with van der Waals surface area (Å²) in [6.07, 6.45) is 1.90. The van der Waals surface area contributed by atoms with E-state index in [2.05, 4.69) is 20.3 Å². The van der Waals surface area contributed by atoms with Gasteiger partial charge in [-0.25, -0.2) is 0 Å². The summed E-state index contributed by atoms with van der Waals surface area (Å²) in [5.74, 6) is 0.529. The number of rotatable bonds is 3. The molecule has 7 heteroatoms. The Kier molecular flexibility index (Phi) is 3.08. The molecule has 0 spiro atoms. The highest BCUT2D eigenvalue weighted by Gasteiger charge is 2.09. The van der Waals surface area contributed by atoms with E-state index in [0.29, 0.717) is 18.1 Å². The molecule has 0 aliphatic heterocycles. The van der Waals surface area contributed by atoms with Crippen LogP contribution in [-0.4, -0.2) is 15.0 Å². The number of fused-ring (bicyclic) bond motifs is 1. The van der Waals surface area contributed by atoms with Crippen molar-refractivity contribution in [2.75, 3.05) is 16.8 Å². The molecule has 0 amide bonds. The van der Waals surface area contributed by atoms with Crippen molar-refractivity contribution in [3.05, 3.63) is 41.2 Å². The maximum atomic E-state index is 5.88. The molecular formula is C13H13ClN6. The lowest BCUT2D eigenvalue weighted by molar-refractivity contribution is 1.10. The van der Waals surface area contributed by atoms with Crippen molar-refractivity contribution in [1.82, 2.24) is 15.0 Å². The van der Waals surface area contributed by atoms with Crippen LogP contribution in [0.2, 0.25) is 5.15 Å². The molecule has 6 nitrogen and oxygen atoms in total. The van der Waals surface area contributed by atoms with Gasteiger partial charge in [0.25, 0.3) is 0 Å². The number of hydrogen-bond donors (Lipinski definition) is 4. The molecule has 0 aliphatic rings. The number of aromatic amines is 1. The Hall–Kier alpha value is -2.47. The van der Waals surface area contributed by atoms with Gasteiger partial charge >= 0.3 is 0 Å². The van der Waals surface area contributed by atoms with E-state index >= 15 is 0 Å². The van der Waals surface area contributed by atoms with Gasteiger partial charge in [0.05, 0.1) is 0 Å². The van der Waals surface area contributed by atoms with Crippen LogP contribution in [0.3, 0.4) is 0 Å². The Morgan fingerprint density at radius 1 is 1.20 bits per heavy atom. The van der Waals surface area contributed by atoms with Crippen molar-refractivity contribution in [1.29, 1.82) is 0 Å². The van der Waals surface area contributed by atoms with E-state index in [1.54, 1.807) is 0 Å². The first-order valence-corrected chi connectivity index (χ1v) is 6.40. The number of benzene rings is 1. The van der Waals surface area contributed by atoms with Crippen LogP contribution in [0, 0.1) is 0 Å². The molecule has 3 aromatic rings. The Labute approximate surface area is 120 Å². The zero-order chi connectivity index (χ0) is 14.1. The zero-order valence-electron chi connectivity index (χ0n) is 10.5. The van der Waals surface area contributed by atoms with Gasteiger partial charge in [0.1, 0.15) is 5.69 Å². The molecule has 0 aliphatic carbocycles. The number of aromatic nitrogens is 3. The standard InChI is InChI=1S/C13H13ClN6/c14-11-10(15)12(20-13(16)19-11)18-6-7-2-1-3-9-8(7)4-5-17-9/h1-5,17H,6,15H2,(H3,16,18,19,20). The largest absolute Gasteiger partial charge is 0.393 e. The minimum atomic E-state index is 0.0894. The van der Waals surface area contributed by atoms with Crippen LogP contribution in [0.1, 0.15) is 5.56 Å². The van der Waals surface area contributed by atoms with Crippen LogP contribution >= 0.6 is 11.6 Å². The first kappa shape index (κ1) is 12.6. The van der Waals surface area contributed by atoms with Gasteiger partial charge in [-0.2, -0.15) is 9.97 Å². The number of anilines is 3. The lowest BCUT2D eigenvalue weighted by atomic mass is 10.1. The number of H-pyrrole nitrogens is 1. The molecule has 0 radical (unpaired) electrons. The number of nitrogens with two attached hydrogens (primary N) is 2. The maximum absolute atomic E-state index is 5.88. The molecule has 2 heterocycles. The van der Waals surface area contributed by atoms with E-state index in [9.17, 15) is 0 Å². The molecule has 6 N–H and O–H groups in total. The third-order valence-electron chi connectivity index (χ3n) is 3.05. The first-order chi connectivity index (χ1) is 9.65. The SMILES string of the molecule is Nc1nc(Cl)c(N)c(NCc2cccc3[nH]ccc23)n1. The van der Waals surface area contributed by atoms with Crippen molar-refractivity contribution >= 4 is 40.0 Å². The minimum Gasteiger partial charge on any atom is -0.393 e. The molecule has 0 bridgehead atoms. The third-order valence-corrected chi connectivity index (χ3v) is 3.34. The van der Waals surface area contributed by atoms with Gasteiger partial charge in [-0.3, -0.25) is 0 Å². The monoisotopic (exact) mass is 288 g/mol. The Morgan fingerprint density at radius 3 is 2.90 bits per heavy atom. The number of halogens is 1. The fourth-order valence-electron chi connectivity index (χ4n) is 2.08. The summed E-state index contributed by atoms with van der Waals surface area (Å²) in [5, 5.41) is 4.44. The molecule has 2 aromatic heterocycles. The van der Waals surface area contributed by atoms with E-state index < -0.39 is 0 Å². The Bertz CT molecular complexity index is 767. The smallest absolute Gasteiger partial charge is 0.223 e. The molecule has 3 rings (SSSR count). The van der Waals surface area contributed by atoms with Gasteiger partial charge in [-0.15, -0.1) is 0 Å². The summed E-state index contributed by atoms with van der Waals surface area (Å²) in [6, 6.07) is 8.07. The molecule has 20 heavy (non-hydrogen) atoms. The normalized spacial score (nSPS) is 10.8. The van der Waals surface area contributed by atoms with Crippen molar-refractivity contribution in [3.63, 3.8) is 0 Å². The van der Waals surface area contributed by atoms with Crippen LogP contribution in [0.5, 0.6) is 0 Å². The van der Waals surface area contributed by atoms with E-state index in [4.69, 9.17) is 23.1 Å². The highest BCUT2D eigenvalue weighted by atomic mass is 35.5. The number of nitrogen functional groups attached to an aromatic ring is 2. The molecular weight excluding hydrogens is 276 g/mol. The second-order valence-corrected chi connectivity index (χ2v) is 4.70. The molecule has 0 unspecified atom stereocenters. The van der Waals surface area contributed by atoms with Crippen LogP contribution in [0.25, 0.3) is 10.9 Å². The third kappa shape index (κ3) is 2.21. The van der Waals surface area contributed by atoms with Gasteiger partial charge in [-0.1, -0.05) is 23.7 Å². The van der Waals surface area contributed by atoms with Crippen molar-refractivity contribution in [2.24, 2.45) is 0 Å². The number of hydrogen-bond acceptors (Lipinski definition) is 5. The predicted octanol–water partition coefficient (Wildman–Crippen LogP) is 2.39. The average molecular weight is 289 g/mol. The van der Waals surface area contributed by atoms with Crippen LogP contribution in [0.15, 0.2) is 30.5 Å². The first-order valence-electron chi connectivity index (χ1n) is 6.02. The van der Waals surface area contributed by atoms with Crippen molar-refractivity contribution in [3.8, 4) is 0 Å². The second kappa shape index (κ2) is 4.90. The summed E-state index contributed by atoms with van der Waals surface area (Å²) in [4.78, 5) is 11.0. The topological polar surface area (TPSA) is 106 Å². The summed E-state index contributed by atoms with van der Waals surface area (Å²) >= 11 is 5.88. The lowest BCUT2D eigenvalue weighted by Gasteiger charge is -2.10. The van der Waals surface area contributed by atoms with Gasteiger partial charge < -0.3 is 21.8 Å². The maximum Gasteiger partial charge on any atom is 0.223 e. The zero-order valence-corrected chi connectivity index (χ0v) is 11.3. The van der Waals surface area contributed by atoms with Crippen molar-refractivity contribution < 1.29 is 0 Å². The molecule has 0 saturated carbocycles. The van der Waals surface area contributed by atoms with Gasteiger partial charge in [-0.05, 0) is 17.7 Å². The van der Waals surface area contributed by atoms with E-state index in [-0.39, 0.29) is 11.1 Å². The second-order valence-electron chi connectivity index (χ2n) is 4.34. The molecule has 1 aromatic carbocycles. The fourth-order valence-corrected chi connectivity index (χ4v) is 2.25. The molecule has 102 valence electrons. The van der Waals surface area contributed by atoms with Crippen LogP contribution in [0.4, 0.5) is 17.5 Å². The highest BCUT2D eigenvalue weighted by molar-refractivity contribution is 6.32. The Balaban J connectivity index is 1.88. The van der Waals surface area contributed by atoms with E-state index in [0.717, 1.165) is 16.5 Å². The number of nitrogens with one attached hydrogen (secondary N) is 2. The van der Waals surface area contributed by atoms with Crippen LogP contribution < -0.4 is 16.8 Å². The predicted molar refractivity (Wildman–Crippen MR) is 81.5 cm³/mol. The van der Waals surface area contributed by atoms with Crippen molar-refractivity contribution in [2.45, 2.75) is 6.54 Å². The van der Waals surface area contributed by atoms with Crippen LogP contribution in [-0.2, 0) is 6.54 Å². The van der Waals surface area contributed by atoms with E-state index in [1.807, 2.05) is 30.5 Å². The van der Waals surface area contributed by atoms with Gasteiger partial charge in [0, 0.05) is 23.6 Å². The highest BCUT2D eigenvalue weighted by Crippen LogP contribution is 2.25. The van der Waals surface area contributed by atoms with E-state index in [1.165, 1.54) is 0 Å². The lowest BCUT2D eigenvalue weighted by Crippen LogP contribution is -2.08. The number of nitrogens with zero attached hydrogens (tertiary/aromatic N) is 2. The average Bonchev–Trinajstić information content (AvgIpc) is 2.90. The summed E-state index contributed by atoms with van der Waals surface area (Å²) in [5.41, 5.74) is 13.9. The quantitative estimate of drug-likeness (QED) is 0.554. The molecule has 0 fully saturated rings. The van der Waals surface area contributed by atoms with Gasteiger partial charge in [0.15, 0.2) is 11.0 Å². The Morgan fingerprint density at radius 2 is 2.05 bits per heavy atom. The summed E-state index contributed by atoms with van der Waals surface area (Å²) in [6.45, 7) is 0.562. The molecule has 0 saturated heterocycles. The minimum absolute atomic E-state index is 0.0894. The molecule has 0 atom stereocenters. The van der Waals surface area contributed by atoms with Gasteiger partial charge in [0.2, 0.25) is 5.95 Å². The fraction of sp³-hybridized carbons (Fsp3) is 0.0769.